The van der Waals surface area contributed by atoms with Gasteiger partial charge in [-0.05, 0) is 25.8 Å². The van der Waals surface area contributed by atoms with Crippen LogP contribution in [0.5, 0.6) is 0 Å². The van der Waals surface area contributed by atoms with Crippen molar-refractivity contribution in [1.82, 2.24) is 0 Å². The Labute approximate surface area is 92.6 Å². The van der Waals surface area contributed by atoms with Gasteiger partial charge in [-0.25, -0.2) is 0 Å². The van der Waals surface area contributed by atoms with Crippen molar-refractivity contribution in [2.75, 3.05) is 0 Å². The highest BCUT2D eigenvalue weighted by atomic mass is 35.5. The van der Waals surface area contributed by atoms with E-state index in [1.807, 2.05) is 33.8 Å². The van der Waals surface area contributed by atoms with Gasteiger partial charge in [-0.3, -0.25) is 0 Å². The minimum absolute atomic E-state index is 0.675. The van der Waals surface area contributed by atoms with E-state index in [2.05, 4.69) is 6.92 Å². The van der Waals surface area contributed by atoms with Crippen molar-refractivity contribution in [3.63, 3.8) is 0 Å². The van der Waals surface area contributed by atoms with Gasteiger partial charge in [0.25, 0.3) is 0 Å². The van der Waals surface area contributed by atoms with Gasteiger partial charge in [0.1, 0.15) is 0 Å². The number of hydrogen-bond acceptors (Lipinski definition) is 0. The lowest BCUT2D eigenvalue weighted by molar-refractivity contribution is 1.09. The SMILES string of the molecule is CC.CC/C(C)=C\C(Cl)=C(\Cl)CC. The Morgan fingerprint density at radius 3 is 1.85 bits per heavy atom. The predicted molar refractivity (Wildman–Crippen MR) is 64.4 cm³/mol. The maximum Gasteiger partial charge on any atom is 0.0550 e. The van der Waals surface area contributed by atoms with Gasteiger partial charge in [0, 0.05) is 5.03 Å². The number of halogens is 2. The molecule has 2 heteroatoms. The Kier molecular flexibility index (Phi) is 12.1. The normalized spacial score (nSPS) is 13.0. The van der Waals surface area contributed by atoms with Crippen molar-refractivity contribution in [3.05, 3.63) is 21.7 Å². The fraction of sp³-hybridized carbons (Fsp3) is 0.636. The molecule has 13 heavy (non-hydrogen) atoms. The lowest BCUT2D eigenvalue weighted by Crippen LogP contribution is -1.76. The Morgan fingerprint density at radius 1 is 1.08 bits per heavy atom. The Hall–Kier alpha value is 0.0600. The third-order valence-electron chi connectivity index (χ3n) is 1.50. The van der Waals surface area contributed by atoms with Crippen LogP contribution in [0.15, 0.2) is 21.7 Å². The van der Waals surface area contributed by atoms with Crippen LogP contribution in [0.2, 0.25) is 0 Å². The predicted octanol–water partition coefficient (Wildman–Crippen LogP) is 5.47. The van der Waals surface area contributed by atoms with E-state index in [0.717, 1.165) is 17.9 Å². The summed E-state index contributed by atoms with van der Waals surface area (Å²) >= 11 is 11.7. The van der Waals surface area contributed by atoms with Gasteiger partial charge < -0.3 is 0 Å². The van der Waals surface area contributed by atoms with Crippen LogP contribution in [0.25, 0.3) is 0 Å². The third kappa shape index (κ3) is 8.39. The van der Waals surface area contributed by atoms with Gasteiger partial charge in [-0.1, -0.05) is 56.5 Å². The van der Waals surface area contributed by atoms with Crippen LogP contribution >= 0.6 is 23.2 Å². The Morgan fingerprint density at radius 2 is 1.54 bits per heavy atom. The fourth-order valence-corrected chi connectivity index (χ4v) is 0.940. The first-order valence-electron chi connectivity index (χ1n) is 4.83. The fourth-order valence-electron chi connectivity index (χ4n) is 0.566. The monoisotopic (exact) mass is 222 g/mol. The summed E-state index contributed by atoms with van der Waals surface area (Å²) in [6.45, 7) is 10.1. The molecule has 0 bridgehead atoms. The van der Waals surface area contributed by atoms with Crippen LogP contribution in [-0.4, -0.2) is 0 Å². The average molecular weight is 223 g/mol. The molecule has 78 valence electrons. The van der Waals surface area contributed by atoms with Gasteiger partial charge in [0.15, 0.2) is 0 Å². The van der Waals surface area contributed by atoms with E-state index in [0.29, 0.717) is 5.03 Å². The van der Waals surface area contributed by atoms with E-state index in [9.17, 15) is 0 Å². The maximum absolute atomic E-state index is 5.88. The van der Waals surface area contributed by atoms with E-state index in [4.69, 9.17) is 23.2 Å². The second-order valence-corrected chi connectivity index (χ2v) is 3.31. The number of rotatable bonds is 3. The van der Waals surface area contributed by atoms with Gasteiger partial charge in [0.2, 0.25) is 0 Å². The lowest BCUT2D eigenvalue weighted by atomic mass is 10.2. The Balaban J connectivity index is 0. The van der Waals surface area contributed by atoms with Crippen molar-refractivity contribution < 1.29 is 0 Å². The van der Waals surface area contributed by atoms with E-state index >= 15 is 0 Å². The highest BCUT2D eigenvalue weighted by molar-refractivity contribution is 6.40. The van der Waals surface area contributed by atoms with E-state index in [-0.39, 0.29) is 0 Å². The summed E-state index contributed by atoms with van der Waals surface area (Å²) in [7, 11) is 0. The highest BCUT2D eigenvalue weighted by Crippen LogP contribution is 2.19. The zero-order valence-corrected chi connectivity index (χ0v) is 10.8. The molecule has 0 saturated carbocycles. The molecule has 0 aromatic rings. The van der Waals surface area contributed by atoms with Crippen LogP contribution in [-0.2, 0) is 0 Å². The van der Waals surface area contributed by atoms with Gasteiger partial charge in [-0.2, -0.15) is 0 Å². The summed E-state index contributed by atoms with van der Waals surface area (Å²) in [5.74, 6) is 0. The summed E-state index contributed by atoms with van der Waals surface area (Å²) in [6, 6.07) is 0. The molecule has 0 aromatic carbocycles. The second-order valence-electron chi connectivity index (χ2n) is 2.45. The molecule has 0 saturated heterocycles. The molecular formula is C11H20Cl2. The molecule has 0 heterocycles. The molecule has 0 atom stereocenters. The molecule has 0 aromatic heterocycles. The molecule has 0 radical (unpaired) electrons. The lowest BCUT2D eigenvalue weighted by Gasteiger charge is -1.97. The average Bonchev–Trinajstić information content (AvgIpc) is 2.19. The highest BCUT2D eigenvalue weighted by Gasteiger charge is 1.95. The summed E-state index contributed by atoms with van der Waals surface area (Å²) in [5, 5.41) is 1.41. The van der Waals surface area contributed by atoms with Gasteiger partial charge in [-0.15, -0.1) is 0 Å². The molecule has 0 rings (SSSR count). The van der Waals surface area contributed by atoms with Crippen LogP contribution < -0.4 is 0 Å². The van der Waals surface area contributed by atoms with Gasteiger partial charge in [0.05, 0.1) is 5.03 Å². The molecule has 0 fully saturated rings. The van der Waals surface area contributed by atoms with E-state index < -0.39 is 0 Å². The number of hydrogen-bond donors (Lipinski definition) is 0. The van der Waals surface area contributed by atoms with Crippen molar-refractivity contribution >= 4 is 23.2 Å². The van der Waals surface area contributed by atoms with Gasteiger partial charge >= 0.3 is 0 Å². The van der Waals surface area contributed by atoms with Crippen molar-refractivity contribution in [2.45, 2.75) is 47.5 Å². The Bertz CT molecular complexity index is 179. The van der Waals surface area contributed by atoms with Crippen molar-refractivity contribution in [2.24, 2.45) is 0 Å². The van der Waals surface area contributed by atoms with E-state index in [1.54, 1.807) is 0 Å². The molecule has 0 spiro atoms. The quantitative estimate of drug-likeness (QED) is 0.556. The second kappa shape index (κ2) is 10.1. The van der Waals surface area contributed by atoms with Crippen molar-refractivity contribution in [1.29, 1.82) is 0 Å². The van der Waals surface area contributed by atoms with E-state index in [1.165, 1.54) is 5.57 Å². The van der Waals surface area contributed by atoms with Crippen LogP contribution in [0, 0.1) is 0 Å². The first-order valence-corrected chi connectivity index (χ1v) is 5.58. The molecule has 0 aliphatic heterocycles. The topological polar surface area (TPSA) is 0 Å². The minimum atomic E-state index is 0.675. The first kappa shape index (κ1) is 15.5. The summed E-state index contributed by atoms with van der Waals surface area (Å²) in [5.41, 5.74) is 1.25. The molecule has 0 unspecified atom stereocenters. The summed E-state index contributed by atoms with van der Waals surface area (Å²) in [6.07, 6.45) is 3.74. The molecule has 0 amide bonds. The van der Waals surface area contributed by atoms with Crippen LogP contribution in [0.3, 0.4) is 0 Å². The largest absolute Gasteiger partial charge is 0.0875 e. The molecule has 0 aliphatic carbocycles. The minimum Gasteiger partial charge on any atom is -0.0875 e. The molecule has 0 aliphatic rings. The van der Waals surface area contributed by atoms with Crippen LogP contribution in [0.1, 0.15) is 47.5 Å². The summed E-state index contributed by atoms with van der Waals surface area (Å²) in [4.78, 5) is 0. The smallest absolute Gasteiger partial charge is 0.0550 e. The maximum atomic E-state index is 5.88. The standard InChI is InChI=1S/C9H14Cl2.C2H6/c1-4-7(3)6-9(11)8(10)5-2;1-2/h6H,4-5H2,1-3H3;1-2H3/b7-6-,9-8-;. The zero-order chi connectivity index (χ0) is 10.9. The number of allylic oxidation sites excluding steroid dienone is 4. The molecular weight excluding hydrogens is 203 g/mol. The molecule has 0 N–H and O–H groups in total. The summed E-state index contributed by atoms with van der Waals surface area (Å²) < 4.78 is 0. The van der Waals surface area contributed by atoms with Crippen molar-refractivity contribution in [3.8, 4) is 0 Å². The zero-order valence-electron chi connectivity index (χ0n) is 9.25. The third-order valence-corrected chi connectivity index (χ3v) is 2.41. The first-order chi connectivity index (χ1) is 6.11. The molecule has 0 nitrogen and oxygen atoms in total. The van der Waals surface area contributed by atoms with Crippen LogP contribution in [0.4, 0.5) is 0 Å².